The summed E-state index contributed by atoms with van der Waals surface area (Å²) in [4.78, 5) is 70.9. The largest absolute Gasteiger partial charge is 0.396 e. The minimum absolute atomic E-state index is 0.00229. The number of hydrogen-bond acceptors (Lipinski definition) is 12. The predicted molar refractivity (Wildman–Crippen MR) is 271 cm³/mol. The van der Waals surface area contributed by atoms with Gasteiger partial charge in [0.2, 0.25) is 23.7 Å². The Bertz CT molecular complexity index is 2610. The quantitative estimate of drug-likeness (QED) is 0.0719. The minimum atomic E-state index is -0.944. The SMILES string of the molecule is Cc1cccc(C(=O)Nc2nc3cc(CN4CCN(CCOCC(=O)N[C@H](C(=O)N5C[C@H](O)C[C@H]5C(=O)NCc5ccc(-c6scnc6C)cc5)C(C)(C)C)CC4)ccc3n2C2CCC(CO)CC2)c1. The monoisotopic (exact) mass is 976 g/mol. The lowest BCUT2D eigenvalue weighted by molar-refractivity contribution is -0.144. The Morgan fingerprint density at radius 2 is 1.64 bits per heavy atom. The van der Waals surface area contributed by atoms with Crippen LogP contribution in [-0.2, 0) is 32.2 Å². The molecule has 0 radical (unpaired) electrons. The van der Waals surface area contributed by atoms with Crippen molar-refractivity contribution in [3.05, 3.63) is 100 Å². The number of imidazole rings is 1. The number of aliphatic hydroxyl groups is 2. The zero-order valence-electron chi connectivity index (χ0n) is 41.2. The Morgan fingerprint density at radius 1 is 0.914 bits per heavy atom. The molecule has 4 heterocycles. The van der Waals surface area contributed by atoms with E-state index in [1.54, 1.807) is 11.3 Å². The number of amides is 4. The van der Waals surface area contributed by atoms with Gasteiger partial charge in [-0.3, -0.25) is 34.3 Å². The average Bonchev–Trinajstić information content (AvgIpc) is 4.07. The number of thiazole rings is 1. The molecule has 5 aromatic rings. The van der Waals surface area contributed by atoms with Crippen LogP contribution in [0.15, 0.2) is 72.2 Å². The molecule has 70 heavy (non-hydrogen) atoms. The van der Waals surface area contributed by atoms with Crippen molar-refractivity contribution in [1.82, 2.24) is 39.9 Å². The van der Waals surface area contributed by atoms with Crippen LogP contribution >= 0.6 is 11.3 Å². The van der Waals surface area contributed by atoms with E-state index in [9.17, 15) is 29.4 Å². The van der Waals surface area contributed by atoms with Crippen LogP contribution in [0.5, 0.6) is 0 Å². The van der Waals surface area contributed by atoms with Crippen molar-refractivity contribution in [1.29, 1.82) is 0 Å². The summed E-state index contributed by atoms with van der Waals surface area (Å²) in [5, 5.41) is 29.4. The molecule has 2 aliphatic heterocycles. The number of fused-ring (bicyclic) bond motifs is 1. The van der Waals surface area contributed by atoms with Gasteiger partial charge < -0.3 is 35.1 Å². The standard InChI is InChI=1S/C53H69N9O7S/c1-34-7-6-8-40(25-34)49(66)58-52-56-43-26-38(13-18-44(43)62(52)41-16-11-37(31-63)12-17-41)29-60-21-19-59(20-22-60)23-24-69-32-46(65)57-48(53(3,4)5)51(68)61-30-42(64)27-45(61)50(67)54-28-36-9-14-39(15-10-36)47-35(2)55-33-70-47/h6-10,13-15,18,25-26,33,37,41-42,45,48,63-64H,11-12,16-17,19-24,27-32H2,1-5H3,(H,54,67)(H,57,65)(H,56,58,66)/t37?,41?,42-,45+,48-/m1/s1. The number of aryl methyl sites for hydroxylation is 2. The summed E-state index contributed by atoms with van der Waals surface area (Å²) >= 11 is 1.58. The molecule has 2 saturated heterocycles. The van der Waals surface area contributed by atoms with Gasteiger partial charge >= 0.3 is 0 Å². The number of benzene rings is 3. The summed E-state index contributed by atoms with van der Waals surface area (Å²) in [6, 6.07) is 20.2. The van der Waals surface area contributed by atoms with Crippen molar-refractivity contribution in [3.8, 4) is 10.4 Å². The van der Waals surface area contributed by atoms with E-state index >= 15 is 0 Å². The molecule has 0 spiro atoms. The van der Waals surface area contributed by atoms with Gasteiger partial charge in [-0.15, -0.1) is 11.3 Å². The third-order valence-electron chi connectivity index (χ3n) is 14.1. The molecule has 8 rings (SSSR count). The highest BCUT2D eigenvalue weighted by molar-refractivity contribution is 7.13. The van der Waals surface area contributed by atoms with E-state index in [0.717, 1.165) is 102 Å². The number of aliphatic hydroxyl groups excluding tert-OH is 2. The summed E-state index contributed by atoms with van der Waals surface area (Å²) in [5.74, 6) is -0.524. The van der Waals surface area contributed by atoms with Crippen LogP contribution in [-0.4, -0.2) is 140 Å². The van der Waals surface area contributed by atoms with Crippen molar-refractivity contribution in [2.24, 2.45) is 11.3 Å². The van der Waals surface area contributed by atoms with Crippen LogP contribution in [0.25, 0.3) is 21.5 Å². The number of carbonyl (C=O) groups is 4. The first-order valence-corrected chi connectivity index (χ1v) is 25.6. The van der Waals surface area contributed by atoms with E-state index < -0.39 is 35.4 Å². The maximum atomic E-state index is 14.1. The number of piperazine rings is 1. The molecule has 5 N–H and O–H groups in total. The highest BCUT2D eigenvalue weighted by Gasteiger charge is 2.44. The van der Waals surface area contributed by atoms with Crippen LogP contribution in [0, 0.1) is 25.2 Å². The molecule has 4 amide bonds. The molecule has 3 aliphatic rings. The number of aromatic nitrogens is 3. The second-order valence-corrected chi connectivity index (χ2v) is 21.3. The third-order valence-corrected chi connectivity index (χ3v) is 15.0. The molecule has 0 bridgehead atoms. The lowest BCUT2D eigenvalue weighted by Crippen LogP contribution is -2.58. The van der Waals surface area contributed by atoms with Crippen molar-refractivity contribution in [3.63, 3.8) is 0 Å². The van der Waals surface area contributed by atoms with Crippen molar-refractivity contribution in [2.75, 3.05) is 64.4 Å². The number of nitrogens with zero attached hydrogens (tertiary/aromatic N) is 6. The van der Waals surface area contributed by atoms with Crippen molar-refractivity contribution in [2.45, 2.75) is 104 Å². The Hall–Kier alpha value is -5.56. The first-order valence-electron chi connectivity index (χ1n) is 24.7. The van der Waals surface area contributed by atoms with Crippen LogP contribution in [0.2, 0.25) is 0 Å². The van der Waals surface area contributed by atoms with Gasteiger partial charge in [-0.25, -0.2) is 9.97 Å². The van der Waals surface area contributed by atoms with E-state index in [-0.39, 0.29) is 50.6 Å². The van der Waals surface area contributed by atoms with E-state index in [1.807, 2.05) is 88.7 Å². The molecule has 1 saturated carbocycles. The molecule has 17 heteroatoms. The molecule has 16 nitrogen and oxygen atoms in total. The summed E-state index contributed by atoms with van der Waals surface area (Å²) in [7, 11) is 0. The predicted octanol–water partition coefficient (Wildman–Crippen LogP) is 5.70. The van der Waals surface area contributed by atoms with Gasteiger partial charge in [-0.05, 0) is 91.8 Å². The lowest BCUT2D eigenvalue weighted by Gasteiger charge is -2.35. The van der Waals surface area contributed by atoms with E-state index in [4.69, 9.17) is 9.72 Å². The van der Waals surface area contributed by atoms with Crippen LogP contribution in [0.1, 0.15) is 91.7 Å². The summed E-state index contributed by atoms with van der Waals surface area (Å²) in [5.41, 5.74) is 8.65. The number of ether oxygens (including phenoxy) is 1. The Labute approximate surface area is 414 Å². The van der Waals surface area contributed by atoms with Crippen molar-refractivity contribution >= 4 is 51.9 Å². The molecule has 0 unspecified atom stereocenters. The van der Waals surface area contributed by atoms with E-state index in [2.05, 4.69) is 53.5 Å². The summed E-state index contributed by atoms with van der Waals surface area (Å²) in [6.45, 7) is 14.9. The highest BCUT2D eigenvalue weighted by Crippen LogP contribution is 2.37. The molecule has 3 aromatic carbocycles. The second kappa shape index (κ2) is 22.7. The van der Waals surface area contributed by atoms with E-state index in [1.165, 1.54) is 4.90 Å². The molecule has 374 valence electrons. The fourth-order valence-corrected chi connectivity index (χ4v) is 10.8. The number of carbonyl (C=O) groups excluding carboxylic acids is 4. The van der Waals surface area contributed by atoms with Crippen molar-refractivity contribution < 1.29 is 34.1 Å². The van der Waals surface area contributed by atoms with E-state index in [0.29, 0.717) is 30.6 Å². The van der Waals surface area contributed by atoms with Gasteiger partial charge in [0.25, 0.3) is 5.91 Å². The van der Waals surface area contributed by atoms with Crippen LogP contribution in [0.3, 0.4) is 0 Å². The van der Waals surface area contributed by atoms with Gasteiger partial charge in [0.05, 0.1) is 39.8 Å². The number of nitrogens with one attached hydrogen (secondary N) is 3. The lowest BCUT2D eigenvalue weighted by atomic mass is 9.85. The molecule has 2 aromatic heterocycles. The zero-order chi connectivity index (χ0) is 49.5. The maximum Gasteiger partial charge on any atom is 0.257 e. The smallest absolute Gasteiger partial charge is 0.257 e. The third kappa shape index (κ3) is 12.5. The number of rotatable bonds is 17. The van der Waals surface area contributed by atoms with Gasteiger partial charge in [-0.1, -0.05) is 68.8 Å². The molecule has 3 fully saturated rings. The Balaban J connectivity index is 0.792. The number of likely N-dealkylation sites (tertiary alicyclic amines) is 1. The molecular formula is C53H69N9O7S. The number of β-amino-alcohol motifs (C(OH)–C–C–N with tert-alkyl or cyclic N) is 1. The molecular weight excluding hydrogens is 907 g/mol. The second-order valence-electron chi connectivity index (χ2n) is 20.4. The van der Waals surface area contributed by atoms with Gasteiger partial charge in [0.1, 0.15) is 18.7 Å². The van der Waals surface area contributed by atoms with Crippen LogP contribution in [0.4, 0.5) is 5.95 Å². The molecule has 3 atom stereocenters. The fraction of sp³-hybridized carbons (Fsp3) is 0.509. The highest BCUT2D eigenvalue weighted by atomic mass is 32.1. The van der Waals surface area contributed by atoms with Gasteiger partial charge in [-0.2, -0.15) is 0 Å². The normalized spacial score (nSPS) is 20.6. The summed E-state index contributed by atoms with van der Waals surface area (Å²) < 4.78 is 8.03. The molecule has 1 aliphatic carbocycles. The number of anilines is 1. The topological polar surface area (TPSA) is 194 Å². The first kappa shape index (κ1) is 50.8. The summed E-state index contributed by atoms with van der Waals surface area (Å²) in [6.07, 6.45) is 2.93. The van der Waals surface area contributed by atoms with Gasteiger partial charge in [0.15, 0.2) is 0 Å². The average molecular weight is 976 g/mol. The van der Waals surface area contributed by atoms with Gasteiger partial charge in [0, 0.05) is 77.0 Å². The fourth-order valence-electron chi connectivity index (χ4n) is 10.0. The Kier molecular flexibility index (Phi) is 16.5. The van der Waals surface area contributed by atoms with Crippen LogP contribution < -0.4 is 16.0 Å². The maximum absolute atomic E-state index is 14.1. The Morgan fingerprint density at radius 3 is 2.33 bits per heavy atom. The first-order chi connectivity index (χ1) is 33.6. The number of hydrogen-bond donors (Lipinski definition) is 5. The zero-order valence-corrected chi connectivity index (χ0v) is 42.0. The minimum Gasteiger partial charge on any atom is -0.396 e.